The van der Waals surface area contributed by atoms with E-state index in [1.54, 1.807) is 6.20 Å². The van der Waals surface area contributed by atoms with E-state index in [0.29, 0.717) is 11.9 Å². The molecule has 3 aliphatic rings. The number of rotatable bonds is 3. The van der Waals surface area contributed by atoms with Gasteiger partial charge in [-0.2, -0.15) is 0 Å². The molecule has 0 N–H and O–H groups in total. The number of benzene rings is 1. The lowest BCUT2D eigenvalue weighted by Crippen LogP contribution is -2.37. The summed E-state index contributed by atoms with van der Waals surface area (Å²) in [6.07, 6.45) is 8.23. The van der Waals surface area contributed by atoms with Gasteiger partial charge >= 0.3 is 0 Å². The van der Waals surface area contributed by atoms with Crippen molar-refractivity contribution >= 4 is 17.2 Å². The van der Waals surface area contributed by atoms with E-state index in [1.165, 1.54) is 5.70 Å². The zero-order valence-corrected chi connectivity index (χ0v) is 16.8. The summed E-state index contributed by atoms with van der Waals surface area (Å²) in [6.45, 7) is 6.98. The summed E-state index contributed by atoms with van der Waals surface area (Å²) >= 11 is 0. The third-order valence-corrected chi connectivity index (χ3v) is 6.18. The highest BCUT2D eigenvalue weighted by molar-refractivity contribution is 6.08. The van der Waals surface area contributed by atoms with E-state index in [-0.39, 0.29) is 5.91 Å². The molecule has 0 spiro atoms. The van der Waals surface area contributed by atoms with Gasteiger partial charge in [0, 0.05) is 42.2 Å². The summed E-state index contributed by atoms with van der Waals surface area (Å²) < 4.78 is 6.10. The molecule has 0 saturated heterocycles. The standard InChI is InChI=1S/C23H25N3O2/c1-14-11-15(9-10-25(14)4)20-13-24-21(28-20)16-5-8-18-19(12-16)26(17-6-7-17)22(27)23(18,2)3/h5,8-9,11-13,17H,6-7,10H2,1-4H3. The van der Waals surface area contributed by atoms with Crippen molar-refractivity contribution in [2.45, 2.75) is 45.1 Å². The lowest BCUT2D eigenvalue weighted by molar-refractivity contribution is -0.122. The Morgan fingerprint density at radius 1 is 1.25 bits per heavy atom. The van der Waals surface area contributed by atoms with Crippen LogP contribution in [0.4, 0.5) is 5.69 Å². The second kappa shape index (κ2) is 5.84. The number of carbonyl (C=O) groups is 1. The second-order valence-electron chi connectivity index (χ2n) is 8.62. The Balaban J connectivity index is 1.51. The number of hydrogen-bond donors (Lipinski definition) is 0. The molecular formula is C23H25N3O2. The molecule has 0 atom stereocenters. The Hall–Kier alpha value is -2.82. The Bertz CT molecular complexity index is 1040. The summed E-state index contributed by atoms with van der Waals surface area (Å²) in [5, 5.41) is 0. The first-order valence-corrected chi connectivity index (χ1v) is 9.90. The van der Waals surface area contributed by atoms with Crippen LogP contribution in [0.2, 0.25) is 0 Å². The van der Waals surface area contributed by atoms with Crippen LogP contribution < -0.4 is 4.90 Å². The van der Waals surface area contributed by atoms with Gasteiger partial charge in [0.1, 0.15) is 0 Å². The van der Waals surface area contributed by atoms with Crippen LogP contribution in [0.15, 0.2) is 46.7 Å². The highest BCUT2D eigenvalue weighted by Gasteiger charge is 2.49. The number of aromatic nitrogens is 1. The van der Waals surface area contributed by atoms with Gasteiger partial charge in [0.15, 0.2) is 5.76 Å². The van der Waals surface area contributed by atoms with Crippen LogP contribution in [-0.4, -0.2) is 35.4 Å². The summed E-state index contributed by atoms with van der Waals surface area (Å²) in [5.41, 5.74) is 4.82. The van der Waals surface area contributed by atoms with E-state index in [0.717, 1.165) is 47.5 Å². The number of carbonyl (C=O) groups excluding carboxylic acids is 1. The predicted molar refractivity (Wildman–Crippen MR) is 110 cm³/mol. The summed E-state index contributed by atoms with van der Waals surface area (Å²) in [4.78, 5) is 21.6. The van der Waals surface area contributed by atoms with Crippen molar-refractivity contribution in [2.24, 2.45) is 0 Å². The molecule has 2 aromatic rings. The van der Waals surface area contributed by atoms with E-state index >= 15 is 0 Å². The lowest BCUT2D eigenvalue weighted by atomic mass is 9.86. The summed E-state index contributed by atoms with van der Waals surface area (Å²) in [6, 6.07) is 6.50. The number of nitrogens with zero attached hydrogens (tertiary/aromatic N) is 3. The molecule has 5 nitrogen and oxygen atoms in total. The first-order chi connectivity index (χ1) is 13.4. The smallest absolute Gasteiger partial charge is 0.237 e. The van der Waals surface area contributed by atoms with Gasteiger partial charge in [-0.3, -0.25) is 4.79 Å². The number of amides is 1. The minimum atomic E-state index is -0.473. The molecule has 28 heavy (non-hydrogen) atoms. The summed E-state index contributed by atoms with van der Waals surface area (Å²) in [7, 11) is 2.07. The van der Waals surface area contributed by atoms with E-state index in [4.69, 9.17) is 4.42 Å². The van der Waals surface area contributed by atoms with Crippen molar-refractivity contribution in [2.75, 3.05) is 18.5 Å². The van der Waals surface area contributed by atoms with E-state index in [1.807, 2.05) is 24.8 Å². The fourth-order valence-electron chi connectivity index (χ4n) is 4.10. The molecule has 1 fully saturated rings. The predicted octanol–water partition coefficient (Wildman–Crippen LogP) is 4.36. The van der Waals surface area contributed by atoms with Gasteiger partial charge in [-0.05, 0) is 57.4 Å². The number of oxazole rings is 1. The molecular weight excluding hydrogens is 350 g/mol. The van der Waals surface area contributed by atoms with Crippen molar-refractivity contribution in [3.63, 3.8) is 0 Å². The quantitative estimate of drug-likeness (QED) is 0.800. The lowest BCUT2D eigenvalue weighted by Gasteiger charge is -2.22. The van der Waals surface area contributed by atoms with Crippen molar-refractivity contribution in [3.8, 4) is 11.5 Å². The Morgan fingerprint density at radius 3 is 2.75 bits per heavy atom. The number of fused-ring (bicyclic) bond motifs is 1. The Labute approximate surface area is 165 Å². The number of allylic oxidation sites excluding steroid dienone is 3. The van der Waals surface area contributed by atoms with E-state index in [2.05, 4.69) is 48.1 Å². The van der Waals surface area contributed by atoms with Crippen molar-refractivity contribution in [1.82, 2.24) is 9.88 Å². The molecule has 1 aromatic heterocycles. The molecule has 1 aliphatic carbocycles. The molecule has 0 bridgehead atoms. The maximum Gasteiger partial charge on any atom is 0.237 e. The molecule has 1 aromatic carbocycles. The fourth-order valence-corrected chi connectivity index (χ4v) is 4.10. The molecule has 1 amide bonds. The minimum absolute atomic E-state index is 0.201. The van der Waals surface area contributed by atoms with Crippen LogP contribution in [0.3, 0.4) is 0 Å². The van der Waals surface area contributed by atoms with Gasteiger partial charge in [0.25, 0.3) is 0 Å². The maximum atomic E-state index is 13.0. The first-order valence-electron chi connectivity index (χ1n) is 9.90. The van der Waals surface area contributed by atoms with Gasteiger partial charge in [-0.1, -0.05) is 12.1 Å². The van der Waals surface area contributed by atoms with Crippen molar-refractivity contribution in [3.05, 3.63) is 53.6 Å². The molecule has 0 radical (unpaired) electrons. The Morgan fingerprint density at radius 2 is 2.04 bits per heavy atom. The minimum Gasteiger partial charge on any atom is -0.436 e. The van der Waals surface area contributed by atoms with Crippen molar-refractivity contribution in [1.29, 1.82) is 0 Å². The van der Waals surface area contributed by atoms with Gasteiger partial charge in [-0.15, -0.1) is 0 Å². The van der Waals surface area contributed by atoms with Crippen LogP contribution in [0.5, 0.6) is 0 Å². The van der Waals surface area contributed by atoms with Gasteiger partial charge in [0.05, 0.1) is 11.6 Å². The van der Waals surface area contributed by atoms with E-state index < -0.39 is 5.41 Å². The first kappa shape index (κ1) is 17.3. The average Bonchev–Trinajstić information content (AvgIpc) is 3.33. The number of likely N-dealkylation sites (N-methyl/N-ethyl adjacent to an activating group) is 1. The van der Waals surface area contributed by atoms with Crippen LogP contribution in [0, 0.1) is 0 Å². The van der Waals surface area contributed by atoms with Crippen LogP contribution in [0.25, 0.3) is 17.0 Å². The molecule has 3 heterocycles. The SMILES string of the molecule is CC1=CC(c2cnc(-c3ccc4c(c3)N(C3CC3)C(=O)C4(C)C)o2)=CCN1C. The third kappa shape index (κ3) is 2.53. The highest BCUT2D eigenvalue weighted by Crippen LogP contribution is 2.47. The summed E-state index contributed by atoms with van der Waals surface area (Å²) in [5.74, 6) is 1.57. The highest BCUT2D eigenvalue weighted by atomic mass is 16.4. The fraction of sp³-hybridized carbons (Fsp3) is 0.391. The zero-order chi connectivity index (χ0) is 19.6. The van der Waals surface area contributed by atoms with Crippen LogP contribution in [-0.2, 0) is 10.2 Å². The van der Waals surface area contributed by atoms with Gasteiger partial charge in [0.2, 0.25) is 11.8 Å². The Kier molecular flexibility index (Phi) is 3.60. The topological polar surface area (TPSA) is 49.6 Å². The normalized spacial score (nSPS) is 20.9. The molecule has 5 heteroatoms. The van der Waals surface area contributed by atoms with Gasteiger partial charge < -0.3 is 14.2 Å². The van der Waals surface area contributed by atoms with Crippen LogP contribution in [0.1, 0.15) is 44.9 Å². The molecule has 0 unspecified atom stereocenters. The zero-order valence-electron chi connectivity index (χ0n) is 16.8. The molecule has 2 aliphatic heterocycles. The second-order valence-corrected chi connectivity index (χ2v) is 8.62. The van der Waals surface area contributed by atoms with Crippen LogP contribution >= 0.6 is 0 Å². The van der Waals surface area contributed by atoms with Gasteiger partial charge in [-0.25, -0.2) is 4.98 Å². The van der Waals surface area contributed by atoms with E-state index in [9.17, 15) is 4.79 Å². The largest absolute Gasteiger partial charge is 0.436 e. The van der Waals surface area contributed by atoms with Crippen molar-refractivity contribution < 1.29 is 9.21 Å². The molecule has 144 valence electrons. The maximum absolute atomic E-state index is 13.0. The average molecular weight is 375 g/mol. The monoisotopic (exact) mass is 375 g/mol. The molecule has 5 rings (SSSR count). The number of hydrogen-bond acceptors (Lipinski definition) is 4. The molecule has 1 saturated carbocycles. The number of anilines is 1. The third-order valence-electron chi connectivity index (χ3n) is 6.18.